The first-order valence-corrected chi connectivity index (χ1v) is 11.3. The minimum atomic E-state index is -0.417. The molecule has 180 valence electrons. The largest absolute Gasteiger partial charge is 0.487 e. The number of benzene rings is 3. The maximum atomic E-state index is 13.4. The summed E-state index contributed by atoms with van der Waals surface area (Å²) < 4.78 is 24.7. The number of anilines is 1. The zero-order valence-corrected chi connectivity index (χ0v) is 19.5. The summed E-state index contributed by atoms with van der Waals surface area (Å²) in [7, 11) is 0. The van der Waals surface area contributed by atoms with E-state index in [1.165, 1.54) is 24.5 Å². The van der Waals surface area contributed by atoms with Crippen LogP contribution in [0.25, 0.3) is 22.2 Å². The lowest BCUT2D eigenvalue weighted by Crippen LogP contribution is -2.13. The van der Waals surface area contributed by atoms with Crippen LogP contribution in [0, 0.1) is 5.82 Å². The van der Waals surface area contributed by atoms with Crippen LogP contribution >= 0.6 is 11.6 Å². The van der Waals surface area contributed by atoms with Crippen molar-refractivity contribution in [2.75, 3.05) is 5.32 Å². The Bertz CT molecular complexity index is 1570. The molecule has 9 heteroatoms. The van der Waals surface area contributed by atoms with E-state index in [9.17, 15) is 14.3 Å². The molecule has 0 saturated heterocycles. The molecule has 0 radical (unpaired) electrons. The van der Waals surface area contributed by atoms with Gasteiger partial charge in [-0.2, -0.15) is 0 Å². The van der Waals surface area contributed by atoms with E-state index in [1.807, 2.05) is 6.07 Å². The highest BCUT2D eigenvalue weighted by molar-refractivity contribution is 6.32. The number of amides is 1. The van der Waals surface area contributed by atoms with Crippen LogP contribution in [0.4, 0.5) is 10.2 Å². The average Bonchev–Trinajstić information content (AvgIpc) is 3.37. The second-order valence-corrected chi connectivity index (χ2v) is 8.30. The standard InChI is InChI=1S/C27H19ClFN3O4/c28-22-12-18(5-8-25(22)35-14-16-2-1-3-19(29)10-16)27(34)32-26-21-11-17(4-7-23(21)30-15-31-26)24-9-6-20(13-33)36-24/h1-12,15,33H,13-14H2,(H,30,31,32,34). The third-order valence-corrected chi connectivity index (χ3v) is 5.74. The molecule has 0 aliphatic rings. The van der Waals surface area contributed by atoms with E-state index >= 15 is 0 Å². The normalized spacial score (nSPS) is 11.0. The summed E-state index contributed by atoms with van der Waals surface area (Å²) >= 11 is 6.34. The molecule has 0 fully saturated rings. The summed E-state index contributed by atoms with van der Waals surface area (Å²) in [5.41, 5.74) is 2.34. The maximum absolute atomic E-state index is 13.4. The molecule has 2 aromatic heterocycles. The van der Waals surface area contributed by atoms with Gasteiger partial charge in [-0.1, -0.05) is 23.7 Å². The Morgan fingerprint density at radius 3 is 2.72 bits per heavy atom. The number of carbonyl (C=O) groups excluding carboxylic acids is 1. The van der Waals surface area contributed by atoms with Crippen molar-refractivity contribution in [3.63, 3.8) is 0 Å². The topological polar surface area (TPSA) is 97.5 Å². The average molecular weight is 504 g/mol. The number of aliphatic hydroxyl groups excluding tert-OH is 1. The molecule has 0 aliphatic heterocycles. The predicted octanol–water partition coefficient (Wildman–Crippen LogP) is 6.01. The molecule has 3 aromatic carbocycles. The molecular weight excluding hydrogens is 485 g/mol. The lowest BCUT2D eigenvalue weighted by Gasteiger charge is -2.11. The number of hydrogen-bond donors (Lipinski definition) is 2. The molecule has 0 spiro atoms. The first kappa shape index (κ1) is 23.5. The van der Waals surface area contributed by atoms with Gasteiger partial charge in [-0.3, -0.25) is 4.79 Å². The van der Waals surface area contributed by atoms with Gasteiger partial charge in [0.15, 0.2) is 0 Å². The van der Waals surface area contributed by atoms with Crippen LogP contribution < -0.4 is 10.1 Å². The number of nitrogens with zero attached hydrogens (tertiary/aromatic N) is 2. The fraction of sp³-hybridized carbons (Fsp3) is 0.0741. The fourth-order valence-corrected chi connectivity index (χ4v) is 3.89. The summed E-state index contributed by atoms with van der Waals surface area (Å²) in [6.45, 7) is -0.0665. The quantitative estimate of drug-likeness (QED) is 0.282. The summed E-state index contributed by atoms with van der Waals surface area (Å²) in [4.78, 5) is 21.5. The van der Waals surface area contributed by atoms with Crippen molar-refractivity contribution >= 4 is 34.2 Å². The van der Waals surface area contributed by atoms with Gasteiger partial charge in [0, 0.05) is 16.5 Å². The zero-order valence-electron chi connectivity index (χ0n) is 18.7. The highest BCUT2D eigenvalue weighted by atomic mass is 35.5. The van der Waals surface area contributed by atoms with Crippen molar-refractivity contribution < 1.29 is 23.4 Å². The van der Waals surface area contributed by atoms with Gasteiger partial charge >= 0.3 is 0 Å². The van der Waals surface area contributed by atoms with Gasteiger partial charge in [0.1, 0.15) is 48.4 Å². The van der Waals surface area contributed by atoms with E-state index in [0.717, 1.165) is 5.56 Å². The predicted molar refractivity (Wildman–Crippen MR) is 133 cm³/mol. The van der Waals surface area contributed by atoms with Gasteiger partial charge in [0.05, 0.1) is 10.5 Å². The van der Waals surface area contributed by atoms with Crippen LogP contribution in [0.2, 0.25) is 5.02 Å². The minimum Gasteiger partial charge on any atom is -0.487 e. The number of nitrogens with one attached hydrogen (secondary N) is 1. The van der Waals surface area contributed by atoms with Crippen LogP contribution in [0.1, 0.15) is 21.7 Å². The summed E-state index contributed by atoms with van der Waals surface area (Å²) in [6.07, 6.45) is 1.37. The number of fused-ring (bicyclic) bond motifs is 1. The number of rotatable bonds is 7. The SMILES string of the molecule is O=C(Nc1ncnc2ccc(-c3ccc(CO)o3)cc12)c1ccc(OCc2cccc(F)c2)c(Cl)c1. The molecular formula is C27H19ClFN3O4. The second kappa shape index (κ2) is 10.2. The molecule has 0 atom stereocenters. The first-order chi connectivity index (χ1) is 17.5. The summed E-state index contributed by atoms with van der Waals surface area (Å²) in [5, 5.41) is 12.9. The van der Waals surface area contributed by atoms with Crippen LogP contribution in [-0.4, -0.2) is 21.0 Å². The Kier molecular flexibility index (Phi) is 6.62. The third-order valence-electron chi connectivity index (χ3n) is 5.45. The van der Waals surface area contributed by atoms with Crippen molar-refractivity contribution in [1.29, 1.82) is 0 Å². The van der Waals surface area contributed by atoms with E-state index in [2.05, 4.69) is 15.3 Å². The fourth-order valence-electron chi connectivity index (χ4n) is 3.65. The lowest BCUT2D eigenvalue weighted by atomic mass is 10.1. The van der Waals surface area contributed by atoms with Crippen molar-refractivity contribution in [2.45, 2.75) is 13.2 Å². The third kappa shape index (κ3) is 5.05. The summed E-state index contributed by atoms with van der Waals surface area (Å²) in [5.74, 6) is 0.946. The van der Waals surface area contributed by atoms with E-state index in [1.54, 1.807) is 48.5 Å². The van der Waals surface area contributed by atoms with E-state index in [4.69, 9.17) is 20.8 Å². The molecule has 0 saturated carbocycles. The highest BCUT2D eigenvalue weighted by Crippen LogP contribution is 2.30. The van der Waals surface area contributed by atoms with Gasteiger partial charge < -0.3 is 19.6 Å². The number of aliphatic hydroxyl groups is 1. The van der Waals surface area contributed by atoms with Gasteiger partial charge in [-0.15, -0.1) is 0 Å². The van der Waals surface area contributed by atoms with Crippen molar-refractivity contribution in [3.05, 3.63) is 107 Å². The molecule has 7 nitrogen and oxygen atoms in total. The number of halogens is 2. The Morgan fingerprint density at radius 1 is 1.06 bits per heavy atom. The maximum Gasteiger partial charge on any atom is 0.256 e. The number of hydrogen-bond acceptors (Lipinski definition) is 6. The molecule has 2 N–H and O–H groups in total. The molecule has 0 bridgehead atoms. The lowest BCUT2D eigenvalue weighted by molar-refractivity contribution is 0.102. The van der Waals surface area contributed by atoms with Crippen molar-refractivity contribution in [2.24, 2.45) is 0 Å². The molecule has 0 aliphatic carbocycles. The van der Waals surface area contributed by atoms with Crippen LogP contribution in [-0.2, 0) is 13.2 Å². The van der Waals surface area contributed by atoms with Crippen molar-refractivity contribution in [1.82, 2.24) is 9.97 Å². The van der Waals surface area contributed by atoms with Crippen LogP contribution in [0.3, 0.4) is 0 Å². The molecule has 5 rings (SSSR count). The molecule has 5 aromatic rings. The molecule has 36 heavy (non-hydrogen) atoms. The van der Waals surface area contributed by atoms with Gasteiger partial charge in [0.2, 0.25) is 0 Å². The zero-order chi connectivity index (χ0) is 25.1. The van der Waals surface area contributed by atoms with Gasteiger partial charge in [-0.05, 0) is 66.2 Å². The molecule has 1 amide bonds. The first-order valence-electron chi connectivity index (χ1n) is 10.9. The number of ether oxygens (including phenoxy) is 1. The number of carbonyl (C=O) groups is 1. The number of aromatic nitrogens is 2. The monoisotopic (exact) mass is 503 g/mol. The summed E-state index contributed by atoms with van der Waals surface area (Å²) in [6, 6.07) is 19.6. The molecule has 0 unspecified atom stereocenters. The number of furan rings is 1. The van der Waals surface area contributed by atoms with Gasteiger partial charge in [0.25, 0.3) is 5.91 Å². The Labute approximate surface area is 210 Å². The minimum absolute atomic E-state index is 0.133. The van der Waals surface area contributed by atoms with E-state index < -0.39 is 5.91 Å². The Hall–Kier alpha value is -4.27. The molecule has 2 heterocycles. The van der Waals surface area contributed by atoms with E-state index in [-0.39, 0.29) is 24.1 Å². The Morgan fingerprint density at radius 2 is 1.94 bits per heavy atom. The van der Waals surface area contributed by atoms with Crippen LogP contribution in [0.5, 0.6) is 5.75 Å². The second-order valence-electron chi connectivity index (χ2n) is 7.90. The highest BCUT2D eigenvalue weighted by Gasteiger charge is 2.14. The van der Waals surface area contributed by atoms with Crippen molar-refractivity contribution in [3.8, 4) is 17.1 Å². The van der Waals surface area contributed by atoms with Gasteiger partial charge in [-0.25, -0.2) is 14.4 Å². The van der Waals surface area contributed by atoms with E-state index in [0.29, 0.717) is 45.1 Å². The Balaban J connectivity index is 1.35. The smallest absolute Gasteiger partial charge is 0.256 e. The van der Waals surface area contributed by atoms with Crippen LogP contribution in [0.15, 0.2) is 83.5 Å².